The Labute approximate surface area is 246 Å². The molecular formula is C29H36Br2N2O6. The Hall–Kier alpha value is -2.43. The van der Waals surface area contributed by atoms with Gasteiger partial charge in [0.15, 0.2) is 0 Å². The van der Waals surface area contributed by atoms with Crippen molar-refractivity contribution in [3.8, 4) is 0 Å². The minimum absolute atomic E-state index is 0.109. The number of nitrogens with zero attached hydrogens (tertiary/aromatic N) is 1. The highest BCUT2D eigenvalue weighted by atomic mass is 79.9. The van der Waals surface area contributed by atoms with Crippen LogP contribution in [0.2, 0.25) is 0 Å². The Bertz CT molecular complexity index is 1170. The van der Waals surface area contributed by atoms with Gasteiger partial charge in [-0.1, -0.05) is 56.1 Å². The van der Waals surface area contributed by atoms with Crippen LogP contribution in [0.15, 0.2) is 57.5 Å². The van der Waals surface area contributed by atoms with Gasteiger partial charge in [-0.25, -0.2) is 9.59 Å². The van der Waals surface area contributed by atoms with Crippen LogP contribution in [0, 0.1) is 11.8 Å². The summed E-state index contributed by atoms with van der Waals surface area (Å²) in [5, 5.41) is 21.3. The lowest BCUT2D eigenvalue weighted by Gasteiger charge is -2.26. The second kappa shape index (κ2) is 13.8. The van der Waals surface area contributed by atoms with Crippen LogP contribution in [0.1, 0.15) is 44.7 Å². The predicted molar refractivity (Wildman–Crippen MR) is 156 cm³/mol. The molecule has 8 nitrogen and oxygen atoms in total. The fourth-order valence-electron chi connectivity index (χ4n) is 4.97. The summed E-state index contributed by atoms with van der Waals surface area (Å²) in [6, 6.07) is 14.9. The average Bonchev–Trinajstić information content (AvgIpc) is 3.46. The van der Waals surface area contributed by atoms with Gasteiger partial charge < -0.3 is 20.3 Å². The lowest BCUT2D eigenvalue weighted by Crippen LogP contribution is -2.43. The number of carboxylic acids is 2. The second-order valence-corrected chi connectivity index (χ2v) is 13.0. The van der Waals surface area contributed by atoms with Gasteiger partial charge in [0.2, 0.25) is 0 Å². The van der Waals surface area contributed by atoms with Gasteiger partial charge in [0.25, 0.3) is 0 Å². The summed E-state index contributed by atoms with van der Waals surface area (Å²) in [6.07, 6.45) is 2.29. The molecule has 2 aromatic carbocycles. The van der Waals surface area contributed by atoms with Crippen molar-refractivity contribution < 1.29 is 29.3 Å². The number of likely N-dealkylation sites (tertiary alicyclic amines) is 1. The van der Waals surface area contributed by atoms with Crippen LogP contribution >= 0.6 is 31.9 Å². The maximum Gasteiger partial charge on any atom is 0.411 e. The van der Waals surface area contributed by atoms with Crippen LogP contribution in [0.25, 0.3) is 0 Å². The highest BCUT2D eigenvalue weighted by Crippen LogP contribution is 2.29. The summed E-state index contributed by atoms with van der Waals surface area (Å²) in [7, 11) is 0. The van der Waals surface area contributed by atoms with E-state index in [0.717, 1.165) is 40.3 Å². The van der Waals surface area contributed by atoms with Crippen LogP contribution in [-0.4, -0.2) is 63.9 Å². The largest absolute Gasteiger partial charge is 0.480 e. The van der Waals surface area contributed by atoms with Crippen molar-refractivity contribution >= 4 is 49.9 Å². The van der Waals surface area contributed by atoms with Crippen molar-refractivity contribution in [3.63, 3.8) is 0 Å². The van der Waals surface area contributed by atoms with E-state index in [1.165, 1.54) is 10.5 Å². The van der Waals surface area contributed by atoms with Gasteiger partial charge in [-0.2, -0.15) is 0 Å². The molecule has 212 valence electrons. The monoisotopic (exact) mass is 666 g/mol. The molecule has 0 aliphatic carbocycles. The Morgan fingerprint density at radius 2 is 1.49 bits per heavy atom. The van der Waals surface area contributed by atoms with Gasteiger partial charge in [-0.3, -0.25) is 9.69 Å². The second-order valence-electron chi connectivity index (χ2n) is 11.2. The third-order valence-electron chi connectivity index (χ3n) is 6.65. The van der Waals surface area contributed by atoms with E-state index in [9.17, 15) is 19.5 Å². The number of ether oxygens (including phenoxy) is 1. The molecule has 0 spiro atoms. The SMILES string of the molecule is CC(C)(C)OC(=O)N1C[C@H](Cc2cccc(Br)c2)C[C@H]1C(=O)O.O=C(O)[C@@H]1C[C@@H](Cc2cccc(Br)c2)CN1. The minimum Gasteiger partial charge on any atom is -0.480 e. The highest BCUT2D eigenvalue weighted by molar-refractivity contribution is 9.10. The molecule has 0 bridgehead atoms. The first-order chi connectivity index (χ1) is 18.3. The summed E-state index contributed by atoms with van der Waals surface area (Å²) < 4.78 is 7.40. The van der Waals surface area contributed by atoms with Gasteiger partial charge >= 0.3 is 18.0 Å². The predicted octanol–water partition coefficient (Wildman–Crippen LogP) is 5.76. The van der Waals surface area contributed by atoms with Crippen molar-refractivity contribution in [1.29, 1.82) is 0 Å². The lowest BCUT2D eigenvalue weighted by atomic mass is 9.97. The summed E-state index contributed by atoms with van der Waals surface area (Å²) >= 11 is 6.87. The zero-order valence-corrected chi connectivity index (χ0v) is 25.6. The Morgan fingerprint density at radius 3 is 1.95 bits per heavy atom. The molecule has 2 heterocycles. The minimum atomic E-state index is -0.979. The van der Waals surface area contributed by atoms with E-state index in [4.69, 9.17) is 9.84 Å². The zero-order chi connectivity index (χ0) is 28.7. The highest BCUT2D eigenvalue weighted by Gasteiger charge is 2.41. The van der Waals surface area contributed by atoms with Crippen LogP contribution in [-0.2, 0) is 27.2 Å². The molecule has 0 aromatic heterocycles. The number of amides is 1. The Morgan fingerprint density at radius 1 is 0.923 bits per heavy atom. The molecular weight excluding hydrogens is 632 g/mol. The average molecular weight is 668 g/mol. The van der Waals surface area contributed by atoms with Crippen molar-refractivity contribution in [2.45, 2.75) is 64.1 Å². The molecule has 4 rings (SSSR count). The maximum absolute atomic E-state index is 12.3. The summed E-state index contributed by atoms with van der Waals surface area (Å²) in [5.41, 5.74) is 1.74. The Balaban J connectivity index is 0.000000230. The Kier molecular flexibility index (Phi) is 11.0. The normalized spacial score (nSPS) is 22.6. The molecule has 2 fully saturated rings. The smallest absolute Gasteiger partial charge is 0.411 e. The first-order valence-corrected chi connectivity index (χ1v) is 14.6. The molecule has 2 aliphatic rings. The molecule has 4 atom stereocenters. The summed E-state index contributed by atoms with van der Waals surface area (Å²) in [6.45, 7) is 6.52. The number of benzene rings is 2. The van der Waals surface area contributed by atoms with Gasteiger partial charge in [0.05, 0.1) is 0 Å². The molecule has 0 unspecified atom stereocenters. The number of hydrogen-bond acceptors (Lipinski definition) is 5. The fourth-order valence-corrected chi connectivity index (χ4v) is 5.87. The first-order valence-electron chi connectivity index (χ1n) is 13.0. The van der Waals surface area contributed by atoms with Crippen molar-refractivity contribution in [3.05, 3.63) is 68.6 Å². The molecule has 1 amide bonds. The maximum atomic E-state index is 12.3. The molecule has 10 heteroatoms. The quantitative estimate of drug-likeness (QED) is 0.359. The number of aliphatic carboxylic acids is 2. The van der Waals surface area contributed by atoms with Gasteiger partial charge in [0, 0.05) is 15.5 Å². The summed E-state index contributed by atoms with van der Waals surface area (Å²) in [4.78, 5) is 35.9. The number of carboxylic acid groups (broad SMARTS) is 2. The molecule has 2 aliphatic heterocycles. The lowest BCUT2D eigenvalue weighted by molar-refractivity contribution is -0.142. The first kappa shape index (κ1) is 31.1. The molecule has 2 saturated heterocycles. The van der Waals surface area contributed by atoms with Crippen LogP contribution in [0.5, 0.6) is 0 Å². The van der Waals surface area contributed by atoms with E-state index >= 15 is 0 Å². The standard InChI is InChI=1S/C17H22BrNO4.C12H14BrNO2/c1-17(2,3)23-16(22)19-10-12(9-14(19)15(20)21)7-11-5-4-6-13(18)8-11;13-10-3-1-2-8(5-10)4-9-6-11(12(15)16)14-7-9/h4-6,8,12,14H,7,9-10H2,1-3H3,(H,20,21);1-3,5,9,11,14H,4,6-7H2,(H,15,16)/t12-,14+;9-,11+/m11/s1. The number of nitrogens with one attached hydrogen (secondary N) is 1. The van der Waals surface area contributed by atoms with Gasteiger partial charge in [-0.05, 0) is 100 Å². The van der Waals surface area contributed by atoms with Crippen LogP contribution < -0.4 is 5.32 Å². The van der Waals surface area contributed by atoms with Crippen molar-refractivity contribution in [1.82, 2.24) is 10.2 Å². The van der Waals surface area contributed by atoms with E-state index < -0.39 is 29.7 Å². The molecule has 39 heavy (non-hydrogen) atoms. The molecule has 0 saturated carbocycles. The van der Waals surface area contributed by atoms with E-state index in [0.29, 0.717) is 18.9 Å². The van der Waals surface area contributed by atoms with Crippen molar-refractivity contribution in [2.75, 3.05) is 13.1 Å². The fraction of sp³-hybridized carbons (Fsp3) is 0.483. The third-order valence-corrected chi connectivity index (χ3v) is 7.63. The molecule has 3 N–H and O–H groups in total. The molecule has 0 radical (unpaired) electrons. The number of halogens is 2. The molecule has 2 aromatic rings. The van der Waals surface area contributed by atoms with Crippen LogP contribution in [0.4, 0.5) is 4.79 Å². The number of carbonyl (C=O) groups is 3. The van der Waals surface area contributed by atoms with Crippen molar-refractivity contribution in [2.24, 2.45) is 11.8 Å². The van der Waals surface area contributed by atoms with E-state index in [1.807, 2.05) is 36.4 Å². The number of rotatable bonds is 6. The van der Waals surface area contributed by atoms with E-state index in [1.54, 1.807) is 20.8 Å². The third kappa shape index (κ3) is 9.92. The number of hydrogen-bond donors (Lipinski definition) is 3. The number of carbonyl (C=O) groups excluding carboxylic acids is 1. The topological polar surface area (TPSA) is 116 Å². The van der Waals surface area contributed by atoms with E-state index in [-0.39, 0.29) is 12.0 Å². The van der Waals surface area contributed by atoms with Crippen LogP contribution in [0.3, 0.4) is 0 Å². The van der Waals surface area contributed by atoms with Gasteiger partial charge in [0.1, 0.15) is 17.7 Å². The zero-order valence-electron chi connectivity index (χ0n) is 22.4. The summed E-state index contributed by atoms with van der Waals surface area (Å²) in [5.74, 6) is -1.18. The van der Waals surface area contributed by atoms with Gasteiger partial charge in [-0.15, -0.1) is 0 Å². The van der Waals surface area contributed by atoms with E-state index in [2.05, 4.69) is 49.3 Å².